The molecule has 56 valence electrons. The summed E-state index contributed by atoms with van der Waals surface area (Å²) in [6.07, 6.45) is 0. The van der Waals surface area contributed by atoms with Gasteiger partial charge in [-0.15, -0.1) is 0 Å². The lowest BCUT2D eigenvalue weighted by atomic mass is 10.2. The molecule has 0 aliphatic rings. The van der Waals surface area contributed by atoms with Crippen LogP contribution >= 0.6 is 34.1 Å². The molecule has 0 saturated heterocycles. The monoisotopic (exact) mass is 275 g/mol. The summed E-state index contributed by atoms with van der Waals surface area (Å²) in [5, 5.41) is 1.31. The fourth-order valence-corrected chi connectivity index (χ4v) is 2.64. The molecule has 3 heteroatoms. The molecule has 2 rings (SSSR count). The third-order valence-corrected chi connectivity index (χ3v) is 3.17. The molecule has 0 saturated carbocycles. The number of aromatic nitrogens is 1. The lowest BCUT2D eigenvalue weighted by Gasteiger charge is -1.87. The number of alkyl halides is 1. The van der Waals surface area contributed by atoms with E-state index in [1.165, 1.54) is 15.8 Å². The van der Waals surface area contributed by atoms with Crippen molar-refractivity contribution in [2.24, 2.45) is 0 Å². The smallest absolute Gasteiger partial charge is 0.0718 e. The van der Waals surface area contributed by atoms with Gasteiger partial charge < -0.3 is 0 Å². The molecule has 0 bridgehead atoms. The van der Waals surface area contributed by atoms with Gasteiger partial charge in [0.15, 0.2) is 0 Å². The Kier molecular flexibility index (Phi) is 2.09. The van der Waals surface area contributed by atoms with Gasteiger partial charge in [-0.2, -0.15) is 4.37 Å². The topological polar surface area (TPSA) is 12.9 Å². The first-order valence-electron chi connectivity index (χ1n) is 3.31. The minimum absolute atomic E-state index is 1.00. The van der Waals surface area contributed by atoms with Gasteiger partial charge in [-0.3, -0.25) is 0 Å². The fourth-order valence-electron chi connectivity index (χ4n) is 1.03. The van der Waals surface area contributed by atoms with E-state index in [4.69, 9.17) is 0 Å². The van der Waals surface area contributed by atoms with Crippen LogP contribution in [0.25, 0.3) is 10.1 Å². The number of benzene rings is 1. The largest absolute Gasteiger partial charge is 0.196 e. The quantitative estimate of drug-likeness (QED) is 0.575. The van der Waals surface area contributed by atoms with Gasteiger partial charge in [0.05, 0.1) is 10.4 Å². The first kappa shape index (κ1) is 7.49. The van der Waals surface area contributed by atoms with E-state index in [1.807, 2.05) is 0 Å². The van der Waals surface area contributed by atoms with E-state index >= 15 is 0 Å². The molecule has 11 heavy (non-hydrogen) atoms. The summed E-state index contributed by atoms with van der Waals surface area (Å²) >= 11 is 3.93. The zero-order valence-corrected chi connectivity index (χ0v) is 8.72. The highest BCUT2D eigenvalue weighted by Gasteiger charge is 2.01. The van der Waals surface area contributed by atoms with Gasteiger partial charge >= 0.3 is 0 Å². The standard InChI is InChI=1S/C8H6INS/c9-5-7-6-3-1-2-4-8(6)11-10-7/h1-4H,5H2. The van der Waals surface area contributed by atoms with Gasteiger partial charge in [-0.1, -0.05) is 40.8 Å². The predicted octanol–water partition coefficient (Wildman–Crippen LogP) is 3.23. The Balaban J connectivity index is 2.76. The Morgan fingerprint density at radius 2 is 2.18 bits per heavy atom. The first-order valence-corrected chi connectivity index (χ1v) is 5.61. The Labute approximate surface area is 82.7 Å². The molecule has 0 fully saturated rings. The van der Waals surface area contributed by atoms with E-state index < -0.39 is 0 Å². The van der Waals surface area contributed by atoms with Crippen LogP contribution < -0.4 is 0 Å². The van der Waals surface area contributed by atoms with Crippen molar-refractivity contribution < 1.29 is 0 Å². The second-order valence-electron chi connectivity index (χ2n) is 2.26. The molecule has 1 nitrogen and oxygen atoms in total. The van der Waals surface area contributed by atoms with Crippen LogP contribution in [0.3, 0.4) is 0 Å². The van der Waals surface area contributed by atoms with E-state index in [9.17, 15) is 0 Å². The molecule has 0 radical (unpaired) electrons. The molecule has 0 amide bonds. The molecule has 1 aromatic carbocycles. The van der Waals surface area contributed by atoms with Crippen molar-refractivity contribution in [3.63, 3.8) is 0 Å². The van der Waals surface area contributed by atoms with Gasteiger partial charge in [-0.05, 0) is 17.6 Å². The van der Waals surface area contributed by atoms with Gasteiger partial charge in [0.25, 0.3) is 0 Å². The molecule has 0 atom stereocenters. The Morgan fingerprint density at radius 3 is 3.00 bits per heavy atom. The second-order valence-corrected chi connectivity index (χ2v) is 3.83. The molecule has 1 heterocycles. The van der Waals surface area contributed by atoms with Crippen molar-refractivity contribution in [1.29, 1.82) is 0 Å². The van der Waals surface area contributed by atoms with Gasteiger partial charge in [0.2, 0.25) is 0 Å². The molecular formula is C8H6INS. The number of halogens is 1. The highest BCUT2D eigenvalue weighted by molar-refractivity contribution is 14.1. The molecule has 0 unspecified atom stereocenters. The molecular weight excluding hydrogens is 269 g/mol. The van der Waals surface area contributed by atoms with Crippen LogP contribution in [0.4, 0.5) is 0 Å². The van der Waals surface area contributed by atoms with Crippen molar-refractivity contribution in [3.05, 3.63) is 30.0 Å². The third-order valence-electron chi connectivity index (χ3n) is 1.58. The molecule has 0 aliphatic heterocycles. The van der Waals surface area contributed by atoms with E-state index in [0.29, 0.717) is 0 Å². The highest BCUT2D eigenvalue weighted by Crippen LogP contribution is 2.23. The second kappa shape index (κ2) is 3.06. The average molecular weight is 275 g/mol. The summed E-state index contributed by atoms with van der Waals surface area (Å²) < 4.78 is 6.64. The number of hydrogen-bond donors (Lipinski definition) is 0. The average Bonchev–Trinajstić information content (AvgIpc) is 2.47. The molecule has 0 N–H and O–H groups in total. The number of nitrogens with zero attached hydrogens (tertiary/aromatic N) is 1. The van der Waals surface area contributed by atoms with Gasteiger partial charge in [0, 0.05) is 9.81 Å². The van der Waals surface area contributed by atoms with Gasteiger partial charge in [-0.25, -0.2) is 0 Å². The Morgan fingerprint density at radius 1 is 1.36 bits per heavy atom. The summed E-state index contributed by atoms with van der Waals surface area (Å²) in [6, 6.07) is 8.36. The van der Waals surface area contributed by atoms with Crippen LogP contribution in [0.5, 0.6) is 0 Å². The predicted molar refractivity (Wildman–Crippen MR) is 57.3 cm³/mol. The molecule has 2 aromatic rings. The maximum Gasteiger partial charge on any atom is 0.0718 e. The van der Waals surface area contributed by atoms with E-state index in [2.05, 4.69) is 51.2 Å². The summed E-state index contributed by atoms with van der Waals surface area (Å²) in [5.41, 5.74) is 1.21. The number of hydrogen-bond acceptors (Lipinski definition) is 2. The summed E-state index contributed by atoms with van der Waals surface area (Å²) in [5.74, 6) is 0. The summed E-state index contributed by atoms with van der Waals surface area (Å²) in [6.45, 7) is 0. The Hall–Kier alpha value is -0.160. The zero-order chi connectivity index (χ0) is 7.68. The van der Waals surface area contributed by atoms with Crippen LogP contribution in [0.1, 0.15) is 5.69 Å². The van der Waals surface area contributed by atoms with Crippen molar-refractivity contribution >= 4 is 44.2 Å². The number of rotatable bonds is 1. The maximum atomic E-state index is 4.35. The lowest BCUT2D eigenvalue weighted by molar-refractivity contribution is 1.36. The maximum absolute atomic E-state index is 4.35. The zero-order valence-electron chi connectivity index (χ0n) is 5.75. The van der Waals surface area contributed by atoms with Crippen LogP contribution in [-0.4, -0.2) is 4.37 Å². The summed E-state index contributed by atoms with van der Waals surface area (Å²) in [4.78, 5) is 0. The lowest BCUT2D eigenvalue weighted by Crippen LogP contribution is -1.73. The fraction of sp³-hybridized carbons (Fsp3) is 0.125. The number of fused-ring (bicyclic) bond motifs is 1. The summed E-state index contributed by atoms with van der Waals surface area (Å²) in [7, 11) is 0. The minimum atomic E-state index is 1.00. The van der Waals surface area contributed by atoms with Crippen molar-refractivity contribution in [2.45, 2.75) is 4.43 Å². The van der Waals surface area contributed by atoms with Gasteiger partial charge in [0.1, 0.15) is 0 Å². The third kappa shape index (κ3) is 1.27. The highest BCUT2D eigenvalue weighted by atomic mass is 127. The minimum Gasteiger partial charge on any atom is -0.196 e. The van der Waals surface area contributed by atoms with Crippen molar-refractivity contribution in [3.8, 4) is 0 Å². The van der Waals surface area contributed by atoms with Crippen LogP contribution in [0, 0.1) is 0 Å². The van der Waals surface area contributed by atoms with Crippen LogP contribution in [0.2, 0.25) is 0 Å². The van der Waals surface area contributed by atoms with E-state index in [1.54, 1.807) is 11.5 Å². The molecule has 0 spiro atoms. The van der Waals surface area contributed by atoms with E-state index in [0.717, 1.165) is 4.43 Å². The Bertz CT molecular complexity index is 369. The molecule has 1 aromatic heterocycles. The van der Waals surface area contributed by atoms with Crippen molar-refractivity contribution in [1.82, 2.24) is 4.37 Å². The van der Waals surface area contributed by atoms with E-state index in [-0.39, 0.29) is 0 Å². The van der Waals surface area contributed by atoms with Crippen LogP contribution in [-0.2, 0) is 4.43 Å². The molecule has 0 aliphatic carbocycles. The normalized spacial score (nSPS) is 10.6. The SMILES string of the molecule is ICc1nsc2ccccc12. The van der Waals surface area contributed by atoms with Crippen LogP contribution in [0.15, 0.2) is 24.3 Å². The first-order chi connectivity index (χ1) is 5.42. The van der Waals surface area contributed by atoms with Crippen molar-refractivity contribution in [2.75, 3.05) is 0 Å².